The van der Waals surface area contributed by atoms with Gasteiger partial charge in [0, 0.05) is 12.7 Å². The lowest BCUT2D eigenvalue weighted by atomic mass is 10.2. The number of carbonyl (C=O) groups is 1. The summed E-state index contributed by atoms with van der Waals surface area (Å²) in [6.07, 6.45) is -4.46. The molecule has 0 aliphatic heterocycles. The lowest BCUT2D eigenvalue weighted by molar-refractivity contribution is -0.137. The van der Waals surface area contributed by atoms with Crippen molar-refractivity contribution in [2.24, 2.45) is 7.05 Å². The van der Waals surface area contributed by atoms with Crippen LogP contribution in [0.2, 0.25) is 0 Å². The first-order valence-electron chi connectivity index (χ1n) is 7.62. The molecule has 0 fully saturated rings. The number of thiophene rings is 1. The van der Waals surface area contributed by atoms with Gasteiger partial charge in [0.2, 0.25) is 0 Å². The van der Waals surface area contributed by atoms with Gasteiger partial charge in [0.25, 0.3) is 0 Å². The smallest absolute Gasteiger partial charge is 0.332 e. The summed E-state index contributed by atoms with van der Waals surface area (Å²) in [5.74, 6) is 0. The molecule has 0 atom stereocenters. The molecule has 0 spiro atoms. The summed E-state index contributed by atoms with van der Waals surface area (Å²) in [6.45, 7) is 0.194. The monoisotopic (exact) mass is 380 g/mol. The predicted octanol–water partition coefficient (Wildman–Crippen LogP) is 4.49. The summed E-state index contributed by atoms with van der Waals surface area (Å²) in [4.78, 5) is 13.0. The number of aromatic nitrogens is 2. The van der Waals surface area contributed by atoms with Crippen LogP contribution in [0.1, 0.15) is 11.3 Å². The molecule has 2 amide bonds. The molecule has 9 heteroatoms. The van der Waals surface area contributed by atoms with Gasteiger partial charge >= 0.3 is 12.2 Å². The van der Waals surface area contributed by atoms with Crippen molar-refractivity contribution in [1.82, 2.24) is 15.1 Å². The molecule has 0 saturated heterocycles. The minimum Gasteiger partial charge on any atom is -0.332 e. The number of nitrogens with one attached hydrogen (secondary N) is 2. The van der Waals surface area contributed by atoms with Crippen LogP contribution in [-0.2, 0) is 19.8 Å². The van der Waals surface area contributed by atoms with E-state index in [0.717, 1.165) is 28.4 Å². The molecule has 136 valence electrons. The SMILES string of the molecule is Cn1nc(-c2cccs2)cc1CNC(=O)Nc1cccc(C(F)(F)F)c1. The Balaban J connectivity index is 1.61. The minimum atomic E-state index is -4.46. The highest BCUT2D eigenvalue weighted by atomic mass is 32.1. The fraction of sp³-hybridized carbons (Fsp3) is 0.176. The number of alkyl halides is 3. The zero-order valence-corrected chi connectivity index (χ0v) is 14.5. The van der Waals surface area contributed by atoms with E-state index in [-0.39, 0.29) is 12.2 Å². The molecule has 0 bridgehead atoms. The van der Waals surface area contributed by atoms with Crippen molar-refractivity contribution in [1.29, 1.82) is 0 Å². The maximum Gasteiger partial charge on any atom is 0.416 e. The van der Waals surface area contributed by atoms with Crippen LogP contribution in [0.15, 0.2) is 47.8 Å². The minimum absolute atomic E-state index is 0.0709. The summed E-state index contributed by atoms with van der Waals surface area (Å²) in [5, 5.41) is 11.4. The molecule has 3 aromatic rings. The number of amides is 2. The molecule has 1 aromatic carbocycles. The van der Waals surface area contributed by atoms with Crippen molar-refractivity contribution in [3.05, 3.63) is 59.1 Å². The van der Waals surface area contributed by atoms with Gasteiger partial charge in [-0.25, -0.2) is 4.79 Å². The van der Waals surface area contributed by atoms with Crippen molar-refractivity contribution < 1.29 is 18.0 Å². The average Bonchev–Trinajstić information content (AvgIpc) is 3.22. The molecule has 0 aliphatic carbocycles. The number of anilines is 1. The van der Waals surface area contributed by atoms with Crippen molar-refractivity contribution >= 4 is 23.1 Å². The average molecular weight is 380 g/mol. The lowest BCUT2D eigenvalue weighted by Gasteiger charge is -2.10. The Morgan fingerprint density at radius 3 is 2.73 bits per heavy atom. The van der Waals surface area contributed by atoms with Crippen LogP contribution in [-0.4, -0.2) is 15.8 Å². The van der Waals surface area contributed by atoms with Crippen molar-refractivity contribution in [3.8, 4) is 10.6 Å². The standard InChI is InChI=1S/C17H15F3N4OS/c1-24-13(9-14(23-24)15-6-3-7-26-15)10-21-16(25)22-12-5-2-4-11(8-12)17(18,19)20/h2-9H,10H2,1H3,(H2,21,22,25). The highest BCUT2D eigenvalue weighted by molar-refractivity contribution is 7.13. The van der Waals surface area contributed by atoms with Crippen molar-refractivity contribution in [2.45, 2.75) is 12.7 Å². The number of carbonyl (C=O) groups excluding carboxylic acids is 1. The first kappa shape index (κ1) is 18.0. The summed E-state index contributed by atoms with van der Waals surface area (Å²) in [7, 11) is 1.76. The van der Waals surface area contributed by atoms with Crippen LogP contribution < -0.4 is 10.6 Å². The topological polar surface area (TPSA) is 59.0 Å². The Morgan fingerprint density at radius 1 is 1.23 bits per heavy atom. The van der Waals surface area contributed by atoms with E-state index in [1.165, 1.54) is 12.1 Å². The maximum atomic E-state index is 12.7. The number of nitrogens with zero attached hydrogens (tertiary/aromatic N) is 2. The number of halogens is 3. The quantitative estimate of drug-likeness (QED) is 0.701. The summed E-state index contributed by atoms with van der Waals surface area (Å²) < 4.78 is 39.8. The number of hydrogen-bond acceptors (Lipinski definition) is 3. The van der Waals surface area contributed by atoms with E-state index in [1.54, 1.807) is 23.1 Å². The van der Waals surface area contributed by atoms with Crippen LogP contribution in [0.25, 0.3) is 10.6 Å². The zero-order valence-electron chi connectivity index (χ0n) is 13.7. The Kier molecular flexibility index (Phi) is 4.99. The fourth-order valence-corrected chi connectivity index (χ4v) is 3.02. The fourth-order valence-electron chi connectivity index (χ4n) is 2.34. The normalized spacial score (nSPS) is 11.4. The second-order valence-corrected chi connectivity index (χ2v) is 6.46. The van der Waals surface area contributed by atoms with Gasteiger partial charge in [-0.1, -0.05) is 12.1 Å². The van der Waals surface area contributed by atoms with E-state index in [4.69, 9.17) is 0 Å². The van der Waals surface area contributed by atoms with Crippen molar-refractivity contribution in [2.75, 3.05) is 5.32 Å². The number of aryl methyl sites for hydroxylation is 1. The Bertz CT molecular complexity index is 903. The molecule has 0 unspecified atom stereocenters. The van der Waals surface area contributed by atoms with E-state index in [2.05, 4.69) is 15.7 Å². The molecular weight excluding hydrogens is 365 g/mol. The molecular formula is C17H15F3N4OS. The molecule has 3 rings (SSSR count). The Morgan fingerprint density at radius 2 is 2.04 bits per heavy atom. The molecule has 2 N–H and O–H groups in total. The van der Waals surface area contributed by atoms with E-state index in [1.807, 2.05) is 23.6 Å². The molecule has 2 heterocycles. The van der Waals surface area contributed by atoms with Gasteiger partial charge in [-0.3, -0.25) is 4.68 Å². The van der Waals surface area contributed by atoms with Gasteiger partial charge < -0.3 is 10.6 Å². The Hall–Kier alpha value is -2.81. The van der Waals surface area contributed by atoms with Gasteiger partial charge in [-0.05, 0) is 35.7 Å². The number of benzene rings is 1. The second-order valence-electron chi connectivity index (χ2n) is 5.51. The van der Waals surface area contributed by atoms with Gasteiger partial charge in [0.15, 0.2) is 0 Å². The molecule has 0 saturated carbocycles. The third-order valence-electron chi connectivity index (χ3n) is 3.63. The third-order valence-corrected chi connectivity index (χ3v) is 4.52. The maximum absolute atomic E-state index is 12.7. The largest absolute Gasteiger partial charge is 0.416 e. The first-order valence-corrected chi connectivity index (χ1v) is 8.50. The highest BCUT2D eigenvalue weighted by Gasteiger charge is 2.30. The van der Waals surface area contributed by atoms with Crippen LogP contribution in [0.3, 0.4) is 0 Å². The number of rotatable bonds is 4. The third kappa shape index (κ3) is 4.23. The van der Waals surface area contributed by atoms with E-state index < -0.39 is 17.8 Å². The van der Waals surface area contributed by atoms with E-state index in [9.17, 15) is 18.0 Å². The molecule has 26 heavy (non-hydrogen) atoms. The summed E-state index contributed by atoms with van der Waals surface area (Å²) >= 11 is 1.56. The summed E-state index contributed by atoms with van der Waals surface area (Å²) in [5.41, 5.74) is 0.828. The molecule has 0 aliphatic rings. The van der Waals surface area contributed by atoms with Gasteiger partial charge in [0.1, 0.15) is 5.69 Å². The first-order chi connectivity index (χ1) is 12.3. The van der Waals surface area contributed by atoms with Crippen LogP contribution in [0.5, 0.6) is 0 Å². The van der Waals surface area contributed by atoms with Gasteiger partial charge in [-0.2, -0.15) is 18.3 Å². The molecule has 2 aromatic heterocycles. The van der Waals surface area contributed by atoms with Crippen LogP contribution in [0, 0.1) is 0 Å². The number of hydrogen-bond donors (Lipinski definition) is 2. The van der Waals surface area contributed by atoms with Crippen LogP contribution in [0.4, 0.5) is 23.7 Å². The zero-order chi connectivity index (χ0) is 18.7. The second kappa shape index (κ2) is 7.20. The van der Waals surface area contributed by atoms with E-state index in [0.29, 0.717) is 0 Å². The summed E-state index contributed by atoms with van der Waals surface area (Å²) in [6, 6.07) is 9.61. The van der Waals surface area contributed by atoms with Gasteiger partial charge in [-0.15, -0.1) is 11.3 Å². The van der Waals surface area contributed by atoms with Crippen molar-refractivity contribution in [3.63, 3.8) is 0 Å². The predicted molar refractivity (Wildman–Crippen MR) is 93.8 cm³/mol. The van der Waals surface area contributed by atoms with E-state index >= 15 is 0 Å². The van der Waals surface area contributed by atoms with Crippen LogP contribution >= 0.6 is 11.3 Å². The molecule has 5 nitrogen and oxygen atoms in total. The highest BCUT2D eigenvalue weighted by Crippen LogP contribution is 2.30. The lowest BCUT2D eigenvalue weighted by Crippen LogP contribution is -2.29. The van der Waals surface area contributed by atoms with Gasteiger partial charge in [0.05, 0.1) is 22.7 Å². The number of urea groups is 1. The molecule has 0 radical (unpaired) electrons. The Labute approximate surface area is 151 Å².